The average Bonchev–Trinajstić information content (AvgIpc) is 2.81. The lowest BCUT2D eigenvalue weighted by Crippen LogP contribution is -2.28. The molecule has 20 heteroatoms. The zero-order chi connectivity index (χ0) is 21.8. The highest BCUT2D eigenvalue weighted by Crippen LogP contribution is 2.70. The van der Waals surface area contributed by atoms with E-state index in [4.69, 9.17) is 13.8 Å². The summed E-state index contributed by atoms with van der Waals surface area (Å²) in [5, 5.41) is 0. The van der Waals surface area contributed by atoms with Crippen LogP contribution in [0.1, 0.15) is 13.3 Å². The van der Waals surface area contributed by atoms with E-state index in [0.29, 0.717) is 0 Å². The highest BCUT2D eigenvalue weighted by molar-refractivity contribution is 8.45. The molecule has 0 aliphatic carbocycles. The maximum atomic E-state index is 12.1. The summed E-state index contributed by atoms with van der Waals surface area (Å²) in [6.07, 6.45) is -2.72. The molecule has 166 valence electrons. The zero-order valence-corrected chi connectivity index (χ0v) is 19.1. The van der Waals surface area contributed by atoms with Gasteiger partial charge in [-0.3, -0.25) is 18.1 Å². The maximum absolute atomic E-state index is 12.1. The quantitative estimate of drug-likeness (QED) is 0.169. The Labute approximate surface area is 166 Å². The Balaban J connectivity index is 2.71. The molecule has 0 aromatic carbocycles. The summed E-state index contributed by atoms with van der Waals surface area (Å²) in [5.41, 5.74) is 0. The summed E-state index contributed by atoms with van der Waals surface area (Å²) in [6, 6.07) is -0.499. The lowest BCUT2D eigenvalue weighted by molar-refractivity contribution is -0.00585. The van der Waals surface area contributed by atoms with Gasteiger partial charge in [-0.15, -0.1) is 0 Å². The van der Waals surface area contributed by atoms with Gasteiger partial charge in [0.2, 0.25) is 0 Å². The Kier molecular flexibility index (Phi) is 10.1. The Hall–Kier alpha value is 0.905. The molecular weight excluding hydrogens is 490 g/mol. The second-order valence-corrected chi connectivity index (χ2v) is 13.6. The third-order valence-corrected chi connectivity index (χ3v) is 9.84. The van der Waals surface area contributed by atoms with Crippen LogP contribution in [-0.4, -0.2) is 60.4 Å². The van der Waals surface area contributed by atoms with Crippen molar-refractivity contribution in [1.29, 1.82) is 0 Å². The topological polar surface area (TPSA) is 184 Å². The predicted molar refractivity (Wildman–Crippen MR) is 98.5 cm³/mol. The molecule has 0 radical (unpaired) electrons. The third-order valence-electron chi connectivity index (χ3n) is 3.11. The molecule has 1 saturated heterocycles. The van der Waals surface area contributed by atoms with Gasteiger partial charge in [0.05, 0.1) is 12.7 Å². The largest absolute Gasteiger partial charge is 0.487 e. The molecular formula is C8H20BFO13P4S. The SMILES string of the molecule is B[C@H]1C[C@H](OP(=O)(O)OCF)[C@@H](COP(=O)(S)OP(=O)(O)OP(=O)(O)CC)O1. The number of halogens is 1. The van der Waals surface area contributed by atoms with Crippen molar-refractivity contribution in [2.45, 2.75) is 31.6 Å². The van der Waals surface area contributed by atoms with Crippen LogP contribution in [0.5, 0.6) is 0 Å². The van der Waals surface area contributed by atoms with Crippen LogP contribution in [0.3, 0.4) is 0 Å². The van der Waals surface area contributed by atoms with Crippen molar-refractivity contribution in [1.82, 2.24) is 0 Å². The molecule has 0 saturated carbocycles. The van der Waals surface area contributed by atoms with E-state index in [1.54, 1.807) is 7.85 Å². The van der Waals surface area contributed by atoms with Gasteiger partial charge in [-0.05, 0) is 6.42 Å². The molecule has 1 rings (SSSR count). The zero-order valence-electron chi connectivity index (χ0n) is 14.6. The van der Waals surface area contributed by atoms with Gasteiger partial charge in [-0.2, -0.15) is 4.31 Å². The van der Waals surface area contributed by atoms with Crippen LogP contribution in [0.15, 0.2) is 0 Å². The summed E-state index contributed by atoms with van der Waals surface area (Å²) in [4.78, 5) is 28.0. The van der Waals surface area contributed by atoms with Gasteiger partial charge in [0.15, 0.2) is 6.86 Å². The van der Waals surface area contributed by atoms with Crippen molar-refractivity contribution in [3.63, 3.8) is 0 Å². The fraction of sp³-hybridized carbons (Fsp3) is 1.00. The van der Waals surface area contributed by atoms with Crippen molar-refractivity contribution < 1.29 is 64.3 Å². The lowest BCUT2D eigenvalue weighted by Gasteiger charge is -2.23. The van der Waals surface area contributed by atoms with Crippen LogP contribution in [0.25, 0.3) is 0 Å². The number of ether oxygens (including phenoxy) is 1. The molecule has 7 atom stereocenters. The minimum atomic E-state index is -5.28. The van der Waals surface area contributed by atoms with Gasteiger partial charge in [0, 0.05) is 12.2 Å². The molecule has 0 aromatic heterocycles. The fourth-order valence-corrected chi connectivity index (χ4v) is 7.48. The van der Waals surface area contributed by atoms with Crippen molar-refractivity contribution in [2.24, 2.45) is 0 Å². The van der Waals surface area contributed by atoms with E-state index in [1.165, 1.54) is 6.92 Å². The van der Waals surface area contributed by atoms with Crippen LogP contribution in [0, 0.1) is 0 Å². The number of hydrogen-bond donors (Lipinski definition) is 4. The number of rotatable bonds is 12. The van der Waals surface area contributed by atoms with Gasteiger partial charge < -0.3 is 19.4 Å². The molecule has 0 amide bonds. The van der Waals surface area contributed by atoms with Crippen molar-refractivity contribution in [2.75, 3.05) is 19.6 Å². The minimum absolute atomic E-state index is 0.0672. The van der Waals surface area contributed by atoms with E-state index in [2.05, 4.69) is 25.4 Å². The van der Waals surface area contributed by atoms with E-state index in [9.17, 15) is 37.3 Å². The van der Waals surface area contributed by atoms with Crippen LogP contribution in [-0.2, 0) is 45.2 Å². The van der Waals surface area contributed by atoms with E-state index >= 15 is 0 Å². The van der Waals surface area contributed by atoms with Crippen LogP contribution >= 0.6 is 42.3 Å². The maximum Gasteiger partial charge on any atom is 0.487 e. The first kappa shape index (κ1) is 26.9. The Morgan fingerprint density at radius 1 is 1.14 bits per heavy atom. The van der Waals surface area contributed by atoms with Gasteiger partial charge >= 0.3 is 30.0 Å². The van der Waals surface area contributed by atoms with Crippen LogP contribution < -0.4 is 0 Å². The minimum Gasteiger partial charge on any atom is -0.379 e. The van der Waals surface area contributed by atoms with Gasteiger partial charge in [-0.1, -0.05) is 19.2 Å². The Bertz CT molecular complexity index is 725. The predicted octanol–water partition coefficient (Wildman–Crippen LogP) is 1.56. The second-order valence-electron chi connectivity index (χ2n) is 5.42. The number of alkyl halides is 1. The van der Waals surface area contributed by atoms with Gasteiger partial charge in [-0.25, -0.2) is 22.4 Å². The van der Waals surface area contributed by atoms with Gasteiger partial charge in [0.25, 0.3) is 0 Å². The Morgan fingerprint density at radius 2 is 1.75 bits per heavy atom. The fourth-order valence-electron chi connectivity index (χ4n) is 2.00. The second kappa shape index (κ2) is 10.5. The molecule has 0 bridgehead atoms. The van der Waals surface area contributed by atoms with Crippen molar-refractivity contribution in [3.8, 4) is 0 Å². The first-order chi connectivity index (χ1) is 12.6. The van der Waals surface area contributed by atoms with Crippen molar-refractivity contribution in [3.05, 3.63) is 0 Å². The molecule has 0 aromatic rings. The summed E-state index contributed by atoms with van der Waals surface area (Å²) in [6.45, 7) is -5.64. The number of thiol groups is 1. The molecule has 0 spiro atoms. The molecule has 1 aliphatic heterocycles. The highest BCUT2D eigenvalue weighted by atomic mass is 32.7. The van der Waals surface area contributed by atoms with Gasteiger partial charge in [0.1, 0.15) is 14.0 Å². The summed E-state index contributed by atoms with van der Waals surface area (Å²) >= 11 is 3.46. The molecule has 1 fully saturated rings. The van der Waals surface area contributed by atoms with Crippen LogP contribution in [0.2, 0.25) is 0 Å². The van der Waals surface area contributed by atoms with Crippen molar-refractivity contribution >= 4 is 50.1 Å². The van der Waals surface area contributed by atoms with E-state index < -0.39 is 67.9 Å². The molecule has 3 N–H and O–H groups in total. The number of phosphoric ester groups is 1. The van der Waals surface area contributed by atoms with Crippen LogP contribution in [0.4, 0.5) is 4.39 Å². The summed E-state index contributed by atoms with van der Waals surface area (Å²) in [5.74, 6) is 0. The molecule has 1 heterocycles. The molecule has 4 unspecified atom stereocenters. The number of hydrogen-bond acceptors (Lipinski definition) is 10. The van der Waals surface area contributed by atoms with E-state index in [-0.39, 0.29) is 6.42 Å². The Morgan fingerprint density at radius 3 is 2.29 bits per heavy atom. The summed E-state index contributed by atoms with van der Waals surface area (Å²) in [7, 11) is -12.9. The molecule has 1 aliphatic rings. The monoisotopic (exact) mass is 510 g/mol. The average molecular weight is 510 g/mol. The lowest BCUT2D eigenvalue weighted by atomic mass is 9.96. The first-order valence-electron chi connectivity index (χ1n) is 7.52. The molecule has 13 nitrogen and oxygen atoms in total. The first-order valence-corrected chi connectivity index (χ1v) is 15.0. The smallest absolute Gasteiger partial charge is 0.379 e. The third kappa shape index (κ3) is 9.81. The van der Waals surface area contributed by atoms with E-state index in [1.807, 2.05) is 0 Å². The standard InChI is InChI=1S/C8H20BFO13P4S/c1-2-24(11,12)22-26(15,16)23-27(17,28)18-4-7-6(3-8(9)20-7)21-25(13,14)19-5-10/h6-8H,2-5,9H2,1H3,(H,11,12)(H,13,14)(H,15,16)(H,17,28)/t6-,7+,8+,27?/m0/s1. The van der Waals surface area contributed by atoms with E-state index in [0.717, 1.165) is 0 Å². The summed E-state index contributed by atoms with van der Waals surface area (Å²) < 4.78 is 85.8. The highest BCUT2D eigenvalue weighted by Gasteiger charge is 2.43. The molecule has 28 heavy (non-hydrogen) atoms. The number of phosphoric acid groups is 2. The normalized spacial score (nSPS) is 31.4.